The van der Waals surface area contributed by atoms with E-state index in [9.17, 15) is 23.5 Å². The van der Waals surface area contributed by atoms with Crippen molar-refractivity contribution in [3.05, 3.63) is 93.6 Å². The number of halogens is 2. The second kappa shape index (κ2) is 9.08. The molecule has 0 spiro atoms. The number of methoxy groups -OCH3 is 1. The number of carbonyl (C=O) groups excluding carboxylic acids is 2. The van der Waals surface area contributed by atoms with Crippen molar-refractivity contribution in [2.45, 2.75) is 26.8 Å². The summed E-state index contributed by atoms with van der Waals surface area (Å²) in [5.41, 5.74) is 2.98. The summed E-state index contributed by atoms with van der Waals surface area (Å²) >= 11 is 0.892. The van der Waals surface area contributed by atoms with Gasteiger partial charge in [-0.25, -0.2) is 13.8 Å². The normalized spacial score (nSPS) is 17.1. The topological polar surface area (TPSA) is 79.7 Å². The average Bonchev–Trinajstić information content (AvgIpc) is 3.38. The van der Waals surface area contributed by atoms with E-state index < -0.39 is 29.4 Å². The zero-order chi connectivity index (χ0) is 26.6. The maximum Gasteiger partial charge on any atom is 0.301 e. The first-order chi connectivity index (χ1) is 17.6. The molecular formula is C28H22F2N2O4S. The second-order valence-electron chi connectivity index (χ2n) is 8.95. The van der Waals surface area contributed by atoms with Crippen molar-refractivity contribution < 1.29 is 28.2 Å². The van der Waals surface area contributed by atoms with E-state index in [1.807, 2.05) is 13.0 Å². The molecule has 1 aliphatic heterocycles. The lowest BCUT2D eigenvalue weighted by atomic mass is 9.92. The number of rotatable bonds is 4. The third-order valence-electron chi connectivity index (χ3n) is 6.41. The van der Waals surface area contributed by atoms with Gasteiger partial charge in [0.1, 0.15) is 22.8 Å². The molecule has 5 rings (SSSR count). The zero-order valence-corrected chi connectivity index (χ0v) is 21.2. The van der Waals surface area contributed by atoms with Gasteiger partial charge in [-0.3, -0.25) is 14.5 Å². The highest BCUT2D eigenvalue weighted by Gasteiger charge is 2.48. The highest BCUT2D eigenvalue weighted by molar-refractivity contribution is 7.22. The van der Waals surface area contributed by atoms with E-state index in [4.69, 9.17) is 4.74 Å². The van der Waals surface area contributed by atoms with Gasteiger partial charge in [-0.05, 0) is 55.7 Å². The molecule has 1 atom stereocenters. The van der Waals surface area contributed by atoms with Gasteiger partial charge in [-0.15, -0.1) is 0 Å². The van der Waals surface area contributed by atoms with E-state index in [0.29, 0.717) is 28.5 Å². The minimum absolute atomic E-state index is 0.0230. The highest BCUT2D eigenvalue weighted by atomic mass is 32.1. The molecule has 1 aromatic heterocycles. The second-order valence-corrected chi connectivity index (χ2v) is 9.96. The van der Waals surface area contributed by atoms with Crippen LogP contribution in [0.15, 0.2) is 54.1 Å². The Labute approximate surface area is 215 Å². The van der Waals surface area contributed by atoms with E-state index in [0.717, 1.165) is 33.4 Å². The van der Waals surface area contributed by atoms with Gasteiger partial charge in [0.05, 0.1) is 23.4 Å². The summed E-state index contributed by atoms with van der Waals surface area (Å²) in [6.45, 7) is 5.43. The van der Waals surface area contributed by atoms with Gasteiger partial charge in [-0.1, -0.05) is 41.2 Å². The van der Waals surface area contributed by atoms with Crippen molar-refractivity contribution >= 4 is 44.1 Å². The van der Waals surface area contributed by atoms with Crippen LogP contribution in [0.2, 0.25) is 0 Å². The van der Waals surface area contributed by atoms with E-state index in [1.54, 1.807) is 44.2 Å². The Morgan fingerprint density at radius 2 is 1.81 bits per heavy atom. The van der Waals surface area contributed by atoms with Crippen LogP contribution in [0.1, 0.15) is 33.9 Å². The maximum absolute atomic E-state index is 14.4. The molecule has 9 heteroatoms. The SMILES string of the molecule is COc1cc(C)c(/C(O)=C2\C(=O)C(=O)N(c3nc4c(F)cc(F)cc4s3)C2c2cccc(C)c2)cc1C. The molecule has 1 fully saturated rings. The fourth-order valence-electron chi connectivity index (χ4n) is 4.64. The third kappa shape index (κ3) is 4.05. The average molecular weight is 521 g/mol. The van der Waals surface area contributed by atoms with E-state index in [2.05, 4.69) is 4.98 Å². The fraction of sp³-hybridized carbons (Fsp3) is 0.179. The van der Waals surface area contributed by atoms with Gasteiger partial charge in [-0.2, -0.15) is 0 Å². The number of hydrogen-bond acceptors (Lipinski definition) is 6. The summed E-state index contributed by atoms with van der Waals surface area (Å²) in [6.07, 6.45) is 0. The number of amides is 1. The number of aryl methyl sites for hydroxylation is 3. The summed E-state index contributed by atoms with van der Waals surface area (Å²) < 4.78 is 33.8. The van der Waals surface area contributed by atoms with Crippen LogP contribution >= 0.6 is 11.3 Å². The number of anilines is 1. The fourth-order valence-corrected chi connectivity index (χ4v) is 5.68. The van der Waals surface area contributed by atoms with E-state index >= 15 is 0 Å². The monoisotopic (exact) mass is 520 g/mol. The number of ether oxygens (including phenoxy) is 1. The molecule has 0 aliphatic carbocycles. The Hall–Kier alpha value is -4.11. The highest BCUT2D eigenvalue weighted by Crippen LogP contribution is 2.45. The Bertz CT molecular complexity index is 1640. The van der Waals surface area contributed by atoms with Crippen molar-refractivity contribution in [2.75, 3.05) is 12.0 Å². The lowest BCUT2D eigenvalue weighted by Gasteiger charge is -2.23. The Morgan fingerprint density at radius 3 is 2.51 bits per heavy atom. The molecule has 0 saturated carbocycles. The number of aromatic nitrogens is 1. The number of aliphatic hydroxyl groups is 1. The Kier molecular flexibility index (Phi) is 6.03. The van der Waals surface area contributed by atoms with Crippen molar-refractivity contribution in [2.24, 2.45) is 0 Å². The molecule has 3 aromatic carbocycles. The van der Waals surface area contributed by atoms with Gasteiger partial charge < -0.3 is 9.84 Å². The standard InChI is InChI=1S/C28H22F2N2O4S/c1-13-6-5-7-16(8-13)24-22(25(33)18-9-15(3)20(36-4)10-14(18)2)26(34)27(35)32(24)28-31-23-19(30)11-17(29)12-21(23)37-28/h5-12,24,33H,1-4H3/b25-22+. The summed E-state index contributed by atoms with van der Waals surface area (Å²) in [5.74, 6) is -3.19. The summed E-state index contributed by atoms with van der Waals surface area (Å²) in [5, 5.41) is 11.5. The lowest BCUT2D eigenvalue weighted by molar-refractivity contribution is -0.132. The molecule has 0 radical (unpaired) electrons. The van der Waals surface area contributed by atoms with Gasteiger partial charge >= 0.3 is 5.91 Å². The molecule has 1 amide bonds. The van der Waals surface area contributed by atoms with Crippen LogP contribution in [0.25, 0.3) is 16.0 Å². The molecule has 1 N–H and O–H groups in total. The van der Waals surface area contributed by atoms with Crippen molar-refractivity contribution in [1.82, 2.24) is 4.98 Å². The largest absolute Gasteiger partial charge is 0.507 e. The van der Waals surface area contributed by atoms with Gasteiger partial charge in [0, 0.05) is 11.6 Å². The molecule has 1 unspecified atom stereocenters. The maximum atomic E-state index is 14.4. The van der Waals surface area contributed by atoms with Crippen LogP contribution in [0.3, 0.4) is 0 Å². The number of Topliss-reactive ketones (excluding diaryl/α,β-unsaturated/α-hetero) is 1. The van der Waals surface area contributed by atoms with Crippen LogP contribution in [0.4, 0.5) is 13.9 Å². The van der Waals surface area contributed by atoms with Gasteiger partial charge in [0.15, 0.2) is 10.9 Å². The predicted octanol–water partition coefficient (Wildman–Crippen LogP) is 6.13. The number of aliphatic hydroxyl groups excluding tert-OH is 1. The van der Waals surface area contributed by atoms with Crippen LogP contribution in [0, 0.1) is 32.4 Å². The molecule has 6 nitrogen and oxygen atoms in total. The zero-order valence-electron chi connectivity index (χ0n) is 20.4. The third-order valence-corrected chi connectivity index (χ3v) is 7.41. The summed E-state index contributed by atoms with van der Waals surface area (Å²) in [4.78, 5) is 32.2. The van der Waals surface area contributed by atoms with E-state index in [1.165, 1.54) is 7.11 Å². The number of ketones is 1. The number of thiazole rings is 1. The first kappa shape index (κ1) is 24.6. The molecule has 2 heterocycles. The van der Waals surface area contributed by atoms with Crippen LogP contribution in [0.5, 0.6) is 5.75 Å². The number of hydrogen-bond donors (Lipinski definition) is 1. The molecule has 188 valence electrons. The van der Waals surface area contributed by atoms with Crippen molar-refractivity contribution in [3.63, 3.8) is 0 Å². The Morgan fingerprint density at radius 1 is 1.05 bits per heavy atom. The first-order valence-corrected chi connectivity index (χ1v) is 12.2. The first-order valence-electron chi connectivity index (χ1n) is 11.4. The molecular weight excluding hydrogens is 498 g/mol. The quantitative estimate of drug-likeness (QED) is 0.199. The van der Waals surface area contributed by atoms with Crippen LogP contribution < -0.4 is 9.64 Å². The molecule has 1 saturated heterocycles. The molecule has 37 heavy (non-hydrogen) atoms. The van der Waals surface area contributed by atoms with Gasteiger partial charge in [0.25, 0.3) is 5.78 Å². The number of nitrogens with zero attached hydrogens (tertiary/aromatic N) is 2. The number of fused-ring (bicyclic) bond motifs is 1. The smallest absolute Gasteiger partial charge is 0.301 e. The molecule has 0 bridgehead atoms. The molecule has 1 aliphatic rings. The molecule has 4 aromatic rings. The summed E-state index contributed by atoms with van der Waals surface area (Å²) in [6, 6.07) is 11.4. The van der Waals surface area contributed by atoms with Crippen LogP contribution in [-0.4, -0.2) is 28.9 Å². The minimum Gasteiger partial charge on any atom is -0.507 e. The van der Waals surface area contributed by atoms with Crippen molar-refractivity contribution in [3.8, 4) is 5.75 Å². The van der Waals surface area contributed by atoms with Crippen molar-refractivity contribution in [1.29, 1.82) is 0 Å². The minimum atomic E-state index is -1.03. The predicted molar refractivity (Wildman–Crippen MR) is 138 cm³/mol. The Balaban J connectivity index is 1.77. The van der Waals surface area contributed by atoms with Gasteiger partial charge in [0.2, 0.25) is 0 Å². The summed E-state index contributed by atoms with van der Waals surface area (Å²) in [7, 11) is 1.54. The van der Waals surface area contributed by atoms with Crippen LogP contribution in [-0.2, 0) is 9.59 Å². The van der Waals surface area contributed by atoms with E-state index in [-0.39, 0.29) is 26.7 Å². The number of carbonyl (C=O) groups is 2. The number of benzene rings is 3. The lowest BCUT2D eigenvalue weighted by Crippen LogP contribution is -2.29.